The standard InChI is InChI=1S/C21H29FN4O/c1-14(2)18-12-17(24-26(18)21(3,4)5)20(27)25-10-9-23-13-19(25)15-7-6-8-16(22)11-15/h6-8,11-12,14,19,23H,9-10,13H2,1-5H3. The van der Waals surface area contributed by atoms with Gasteiger partial charge in [-0.2, -0.15) is 5.10 Å². The van der Waals surface area contributed by atoms with E-state index in [2.05, 4.69) is 45.0 Å². The van der Waals surface area contributed by atoms with E-state index < -0.39 is 0 Å². The number of amides is 1. The summed E-state index contributed by atoms with van der Waals surface area (Å²) in [5, 5.41) is 7.96. The summed E-state index contributed by atoms with van der Waals surface area (Å²) in [6.07, 6.45) is 0. The molecule has 1 amide bonds. The normalized spacial score (nSPS) is 18.2. The summed E-state index contributed by atoms with van der Waals surface area (Å²) in [4.78, 5) is 15.1. The summed E-state index contributed by atoms with van der Waals surface area (Å²) < 4.78 is 15.7. The molecule has 0 aliphatic carbocycles. The van der Waals surface area contributed by atoms with Gasteiger partial charge in [0.2, 0.25) is 0 Å². The average molecular weight is 372 g/mol. The van der Waals surface area contributed by atoms with Crippen LogP contribution in [0.4, 0.5) is 4.39 Å². The van der Waals surface area contributed by atoms with Crippen LogP contribution in [0.25, 0.3) is 0 Å². The van der Waals surface area contributed by atoms with Crippen molar-refractivity contribution in [3.05, 3.63) is 53.1 Å². The van der Waals surface area contributed by atoms with Crippen LogP contribution in [-0.4, -0.2) is 40.2 Å². The Balaban J connectivity index is 1.96. The third-order valence-corrected chi connectivity index (χ3v) is 4.92. The van der Waals surface area contributed by atoms with E-state index in [1.54, 1.807) is 6.07 Å². The van der Waals surface area contributed by atoms with E-state index in [4.69, 9.17) is 0 Å². The molecule has 27 heavy (non-hydrogen) atoms. The van der Waals surface area contributed by atoms with Crippen molar-refractivity contribution in [3.63, 3.8) is 0 Å². The molecule has 2 heterocycles. The fourth-order valence-corrected chi connectivity index (χ4v) is 3.55. The number of carbonyl (C=O) groups is 1. The summed E-state index contributed by atoms with van der Waals surface area (Å²) in [7, 11) is 0. The molecule has 0 bridgehead atoms. The highest BCUT2D eigenvalue weighted by molar-refractivity contribution is 5.93. The molecule has 146 valence electrons. The van der Waals surface area contributed by atoms with Crippen LogP contribution in [0, 0.1) is 5.82 Å². The number of piperazine rings is 1. The third kappa shape index (κ3) is 4.05. The van der Waals surface area contributed by atoms with E-state index in [-0.39, 0.29) is 29.2 Å². The molecule has 1 N–H and O–H groups in total. The fourth-order valence-electron chi connectivity index (χ4n) is 3.55. The third-order valence-electron chi connectivity index (χ3n) is 4.92. The van der Waals surface area contributed by atoms with E-state index in [1.807, 2.05) is 21.7 Å². The molecule has 1 fully saturated rings. The highest BCUT2D eigenvalue weighted by Crippen LogP contribution is 2.27. The first-order valence-corrected chi connectivity index (χ1v) is 9.56. The Labute approximate surface area is 160 Å². The molecule has 1 aliphatic rings. The lowest BCUT2D eigenvalue weighted by molar-refractivity contribution is 0.0626. The van der Waals surface area contributed by atoms with Crippen molar-refractivity contribution in [1.82, 2.24) is 20.0 Å². The number of benzene rings is 1. The molecule has 0 radical (unpaired) electrons. The van der Waals surface area contributed by atoms with Crippen molar-refractivity contribution in [1.29, 1.82) is 0 Å². The van der Waals surface area contributed by atoms with Crippen LogP contribution in [0.2, 0.25) is 0 Å². The minimum atomic E-state index is -0.287. The van der Waals surface area contributed by atoms with E-state index in [1.165, 1.54) is 12.1 Å². The molecule has 2 aromatic rings. The van der Waals surface area contributed by atoms with Crippen molar-refractivity contribution in [2.75, 3.05) is 19.6 Å². The van der Waals surface area contributed by atoms with Gasteiger partial charge >= 0.3 is 0 Å². The van der Waals surface area contributed by atoms with Gasteiger partial charge in [0.15, 0.2) is 5.69 Å². The van der Waals surface area contributed by atoms with Crippen molar-refractivity contribution in [2.24, 2.45) is 0 Å². The zero-order chi connectivity index (χ0) is 19.8. The average Bonchev–Trinajstić information content (AvgIpc) is 3.07. The number of hydrogen-bond acceptors (Lipinski definition) is 3. The predicted octanol–water partition coefficient (Wildman–Crippen LogP) is 3.69. The lowest BCUT2D eigenvalue weighted by atomic mass is 10.0. The first kappa shape index (κ1) is 19.5. The Morgan fingerprint density at radius 1 is 1.30 bits per heavy atom. The second-order valence-electron chi connectivity index (χ2n) is 8.47. The largest absolute Gasteiger partial charge is 0.328 e. The van der Waals surface area contributed by atoms with E-state index in [0.717, 1.165) is 11.3 Å². The van der Waals surface area contributed by atoms with Gasteiger partial charge < -0.3 is 10.2 Å². The van der Waals surface area contributed by atoms with Gasteiger partial charge in [-0.1, -0.05) is 26.0 Å². The molecular weight excluding hydrogens is 343 g/mol. The van der Waals surface area contributed by atoms with Crippen LogP contribution in [-0.2, 0) is 5.54 Å². The van der Waals surface area contributed by atoms with E-state index >= 15 is 0 Å². The number of halogens is 1. The minimum Gasteiger partial charge on any atom is -0.328 e. The molecule has 0 saturated carbocycles. The molecule has 1 aromatic carbocycles. The van der Waals surface area contributed by atoms with Crippen molar-refractivity contribution < 1.29 is 9.18 Å². The Hall–Kier alpha value is -2.21. The SMILES string of the molecule is CC(C)c1cc(C(=O)N2CCNCC2c2cccc(F)c2)nn1C(C)(C)C. The summed E-state index contributed by atoms with van der Waals surface area (Å²) in [5.74, 6) is -0.124. The van der Waals surface area contributed by atoms with Crippen molar-refractivity contribution in [2.45, 2.75) is 52.1 Å². The Morgan fingerprint density at radius 3 is 2.63 bits per heavy atom. The fraction of sp³-hybridized carbons (Fsp3) is 0.524. The van der Waals surface area contributed by atoms with Gasteiger partial charge in [0, 0.05) is 25.3 Å². The molecule has 1 atom stereocenters. The Kier molecular flexibility index (Phi) is 5.38. The van der Waals surface area contributed by atoms with Crippen molar-refractivity contribution in [3.8, 4) is 0 Å². The second-order valence-corrected chi connectivity index (χ2v) is 8.47. The highest BCUT2D eigenvalue weighted by Gasteiger charge is 2.32. The summed E-state index contributed by atoms with van der Waals surface area (Å²) >= 11 is 0. The van der Waals surface area contributed by atoms with E-state index in [0.29, 0.717) is 25.3 Å². The minimum absolute atomic E-state index is 0.101. The van der Waals surface area contributed by atoms with Gasteiger partial charge in [-0.05, 0) is 50.5 Å². The number of nitrogens with zero attached hydrogens (tertiary/aromatic N) is 3. The number of rotatable bonds is 3. The summed E-state index contributed by atoms with van der Waals surface area (Å²) in [6, 6.07) is 8.19. The number of nitrogens with one attached hydrogen (secondary N) is 1. The van der Waals surface area contributed by atoms with Crippen LogP contribution >= 0.6 is 0 Å². The number of aromatic nitrogens is 2. The van der Waals surface area contributed by atoms with Gasteiger partial charge in [-0.3, -0.25) is 9.48 Å². The molecule has 1 aliphatic heterocycles. The molecule has 0 spiro atoms. The maximum absolute atomic E-state index is 13.7. The molecule has 1 saturated heterocycles. The lowest BCUT2D eigenvalue weighted by Crippen LogP contribution is -2.48. The first-order chi connectivity index (χ1) is 12.7. The maximum Gasteiger partial charge on any atom is 0.274 e. The predicted molar refractivity (Wildman–Crippen MR) is 104 cm³/mol. The maximum atomic E-state index is 13.7. The topological polar surface area (TPSA) is 50.2 Å². The Morgan fingerprint density at radius 2 is 2.04 bits per heavy atom. The summed E-state index contributed by atoms with van der Waals surface area (Å²) in [5.41, 5.74) is 2.10. The van der Waals surface area contributed by atoms with Crippen molar-refractivity contribution >= 4 is 5.91 Å². The van der Waals surface area contributed by atoms with E-state index in [9.17, 15) is 9.18 Å². The molecule has 3 rings (SSSR count). The molecular formula is C21H29FN4O. The lowest BCUT2D eigenvalue weighted by Gasteiger charge is -2.36. The van der Waals surface area contributed by atoms with Gasteiger partial charge in [0.1, 0.15) is 5.82 Å². The van der Waals surface area contributed by atoms with Crippen LogP contribution in [0.1, 0.15) is 68.3 Å². The van der Waals surface area contributed by atoms with Gasteiger partial charge in [0.25, 0.3) is 5.91 Å². The summed E-state index contributed by atoms with van der Waals surface area (Å²) in [6.45, 7) is 12.4. The first-order valence-electron chi connectivity index (χ1n) is 9.56. The Bertz CT molecular complexity index is 822. The molecule has 6 heteroatoms. The second kappa shape index (κ2) is 7.43. The van der Waals surface area contributed by atoms with Crippen LogP contribution < -0.4 is 5.32 Å². The monoisotopic (exact) mass is 372 g/mol. The highest BCUT2D eigenvalue weighted by atomic mass is 19.1. The van der Waals surface area contributed by atoms with Gasteiger partial charge in [-0.15, -0.1) is 0 Å². The zero-order valence-corrected chi connectivity index (χ0v) is 16.8. The molecule has 5 nitrogen and oxygen atoms in total. The number of carbonyl (C=O) groups excluding carboxylic acids is 1. The molecule has 1 aromatic heterocycles. The van der Waals surface area contributed by atoms with Crippen LogP contribution in [0.15, 0.2) is 30.3 Å². The zero-order valence-electron chi connectivity index (χ0n) is 16.8. The van der Waals surface area contributed by atoms with Crippen LogP contribution in [0.5, 0.6) is 0 Å². The number of hydrogen-bond donors (Lipinski definition) is 1. The quantitative estimate of drug-likeness (QED) is 0.894. The van der Waals surface area contributed by atoms with Gasteiger partial charge in [0.05, 0.1) is 11.6 Å². The molecule has 1 unspecified atom stereocenters. The van der Waals surface area contributed by atoms with Gasteiger partial charge in [-0.25, -0.2) is 4.39 Å². The van der Waals surface area contributed by atoms with Crippen LogP contribution in [0.3, 0.4) is 0 Å². The smallest absolute Gasteiger partial charge is 0.274 e.